The van der Waals surface area contributed by atoms with Crippen molar-refractivity contribution in [3.05, 3.63) is 23.8 Å². The maximum atomic E-state index is 12.7. The van der Waals surface area contributed by atoms with Crippen molar-refractivity contribution in [2.24, 2.45) is 0 Å². The van der Waals surface area contributed by atoms with Gasteiger partial charge in [-0.3, -0.25) is 9.59 Å². The van der Waals surface area contributed by atoms with Crippen LogP contribution in [0.2, 0.25) is 0 Å². The molecule has 0 saturated heterocycles. The summed E-state index contributed by atoms with van der Waals surface area (Å²) in [6, 6.07) is 6.53. The number of hydrogen-bond donors (Lipinski definition) is 1. The number of amides is 1. The highest BCUT2D eigenvalue weighted by atomic mass is 16.5. The van der Waals surface area contributed by atoms with Crippen LogP contribution in [-0.2, 0) is 14.3 Å². The Balaban J connectivity index is 2.95. The predicted molar refractivity (Wildman–Crippen MR) is 95.3 cm³/mol. The fourth-order valence-electron chi connectivity index (χ4n) is 2.29. The van der Waals surface area contributed by atoms with E-state index < -0.39 is 11.6 Å². The smallest absolute Gasteiger partial charge is 0.308 e. The maximum Gasteiger partial charge on any atom is 0.308 e. The van der Waals surface area contributed by atoms with Crippen LogP contribution in [0.3, 0.4) is 0 Å². The van der Waals surface area contributed by atoms with E-state index in [9.17, 15) is 14.9 Å². The quantitative estimate of drug-likeness (QED) is 0.543. The third-order valence-electron chi connectivity index (χ3n) is 3.72. The number of anilines is 1. The zero-order chi connectivity index (χ0) is 18.9. The van der Waals surface area contributed by atoms with Crippen LogP contribution in [0.5, 0.6) is 5.75 Å². The number of hydrogen-bond acceptors (Lipinski definition) is 5. The molecule has 0 aliphatic heterocycles. The highest BCUT2D eigenvalue weighted by Crippen LogP contribution is 2.25. The van der Waals surface area contributed by atoms with Gasteiger partial charge in [-0.2, -0.15) is 5.26 Å². The van der Waals surface area contributed by atoms with Gasteiger partial charge in [-0.05, 0) is 38.0 Å². The molecule has 0 fully saturated rings. The summed E-state index contributed by atoms with van der Waals surface area (Å²) < 4.78 is 10.8. The van der Waals surface area contributed by atoms with Gasteiger partial charge in [-0.1, -0.05) is 26.7 Å². The highest BCUT2D eigenvalue weighted by molar-refractivity contribution is 5.97. The molecule has 6 heteroatoms. The third kappa shape index (κ3) is 6.20. The molecule has 0 bridgehead atoms. The summed E-state index contributed by atoms with van der Waals surface area (Å²) in [7, 11) is 0. The Kier molecular flexibility index (Phi) is 8.09. The molecule has 1 aromatic carbocycles. The van der Waals surface area contributed by atoms with Crippen molar-refractivity contribution >= 4 is 17.6 Å². The summed E-state index contributed by atoms with van der Waals surface area (Å²) >= 11 is 0. The van der Waals surface area contributed by atoms with Crippen LogP contribution in [0.1, 0.15) is 58.9 Å². The lowest BCUT2D eigenvalue weighted by Gasteiger charge is -2.28. The van der Waals surface area contributed by atoms with Crippen molar-refractivity contribution in [2.45, 2.75) is 59.0 Å². The second-order valence-corrected chi connectivity index (χ2v) is 6.05. The summed E-state index contributed by atoms with van der Waals surface area (Å²) in [6.45, 7) is 7.60. The molecule has 25 heavy (non-hydrogen) atoms. The van der Waals surface area contributed by atoms with E-state index in [0.717, 1.165) is 19.3 Å². The van der Waals surface area contributed by atoms with E-state index in [4.69, 9.17) is 9.47 Å². The molecule has 136 valence electrons. The van der Waals surface area contributed by atoms with Gasteiger partial charge in [0.1, 0.15) is 17.4 Å². The lowest BCUT2D eigenvalue weighted by molar-refractivity contribution is -0.140. The number of nitriles is 1. The van der Waals surface area contributed by atoms with Crippen LogP contribution >= 0.6 is 0 Å². The highest BCUT2D eigenvalue weighted by Gasteiger charge is 2.33. The van der Waals surface area contributed by atoms with E-state index in [2.05, 4.69) is 12.2 Å². The summed E-state index contributed by atoms with van der Waals surface area (Å²) in [4.78, 5) is 23.8. The standard InChI is InChI=1S/C19H26N2O4/c1-5-7-10-19(4,24-11-6-2)18(23)21-16-8-9-17(25-14(3)22)15(12-16)13-20/h8-9,12H,5-7,10-11H2,1-4H3,(H,21,23). The molecule has 0 heterocycles. The first-order valence-electron chi connectivity index (χ1n) is 8.54. The van der Waals surface area contributed by atoms with Gasteiger partial charge in [0.25, 0.3) is 5.91 Å². The van der Waals surface area contributed by atoms with Crippen molar-refractivity contribution in [3.8, 4) is 11.8 Å². The van der Waals surface area contributed by atoms with Crippen LogP contribution in [0.25, 0.3) is 0 Å². The second kappa shape index (κ2) is 9.80. The number of esters is 1. The van der Waals surface area contributed by atoms with Crippen LogP contribution < -0.4 is 10.1 Å². The van der Waals surface area contributed by atoms with Crippen molar-refractivity contribution in [2.75, 3.05) is 11.9 Å². The van der Waals surface area contributed by atoms with Gasteiger partial charge in [0.2, 0.25) is 0 Å². The normalized spacial score (nSPS) is 12.8. The number of carbonyl (C=O) groups excluding carboxylic acids is 2. The van der Waals surface area contributed by atoms with Crippen molar-refractivity contribution in [1.82, 2.24) is 0 Å². The molecule has 0 aliphatic carbocycles. The molecular weight excluding hydrogens is 320 g/mol. The summed E-state index contributed by atoms with van der Waals surface area (Å²) in [5, 5.41) is 12.0. The van der Waals surface area contributed by atoms with Gasteiger partial charge in [0, 0.05) is 19.2 Å². The summed E-state index contributed by atoms with van der Waals surface area (Å²) in [5.41, 5.74) is -0.286. The summed E-state index contributed by atoms with van der Waals surface area (Å²) in [6.07, 6.45) is 3.28. The first-order chi connectivity index (χ1) is 11.9. The van der Waals surface area contributed by atoms with Crippen LogP contribution in [0, 0.1) is 11.3 Å². The first kappa shape index (κ1) is 20.7. The molecule has 6 nitrogen and oxygen atoms in total. The molecule has 0 radical (unpaired) electrons. The molecule has 0 aliphatic rings. The van der Waals surface area contributed by atoms with Gasteiger partial charge >= 0.3 is 5.97 Å². The Hall–Kier alpha value is -2.39. The molecule has 1 aromatic rings. The third-order valence-corrected chi connectivity index (χ3v) is 3.72. The topological polar surface area (TPSA) is 88.4 Å². The molecule has 1 atom stereocenters. The number of carbonyl (C=O) groups is 2. The van der Waals surface area contributed by atoms with Gasteiger partial charge in [-0.15, -0.1) is 0 Å². The Morgan fingerprint density at radius 1 is 1.28 bits per heavy atom. The minimum absolute atomic E-state index is 0.170. The Morgan fingerprint density at radius 2 is 2.00 bits per heavy atom. The van der Waals surface area contributed by atoms with Crippen molar-refractivity contribution in [3.63, 3.8) is 0 Å². The van der Waals surface area contributed by atoms with E-state index in [0.29, 0.717) is 18.7 Å². The average Bonchev–Trinajstić information content (AvgIpc) is 2.58. The van der Waals surface area contributed by atoms with E-state index >= 15 is 0 Å². The van der Waals surface area contributed by atoms with Crippen LogP contribution in [-0.4, -0.2) is 24.1 Å². The maximum absolute atomic E-state index is 12.7. The fraction of sp³-hybridized carbons (Fsp3) is 0.526. The molecule has 1 N–H and O–H groups in total. The lowest BCUT2D eigenvalue weighted by Crippen LogP contribution is -2.43. The molecule has 0 spiro atoms. The minimum Gasteiger partial charge on any atom is -0.425 e. The first-order valence-corrected chi connectivity index (χ1v) is 8.54. The van der Waals surface area contributed by atoms with E-state index in [1.165, 1.54) is 19.1 Å². The van der Waals surface area contributed by atoms with Gasteiger partial charge in [0.05, 0.1) is 5.56 Å². The number of rotatable bonds is 9. The predicted octanol–water partition coefficient (Wildman–Crippen LogP) is 3.80. The fourth-order valence-corrected chi connectivity index (χ4v) is 2.29. The van der Waals surface area contributed by atoms with Crippen molar-refractivity contribution < 1.29 is 19.1 Å². The van der Waals surface area contributed by atoms with Crippen LogP contribution in [0.4, 0.5) is 5.69 Å². The SMILES string of the molecule is CCCCC(C)(OCCC)C(=O)Nc1ccc(OC(C)=O)c(C#N)c1. The molecular formula is C19H26N2O4. The van der Waals surface area contributed by atoms with Crippen LogP contribution in [0.15, 0.2) is 18.2 Å². The number of benzene rings is 1. The second-order valence-electron chi connectivity index (χ2n) is 6.05. The summed E-state index contributed by atoms with van der Waals surface area (Å²) in [5.74, 6) is -0.587. The average molecular weight is 346 g/mol. The Morgan fingerprint density at radius 3 is 2.56 bits per heavy atom. The molecule has 0 aromatic heterocycles. The van der Waals surface area contributed by atoms with E-state index in [1.54, 1.807) is 13.0 Å². The Bertz CT molecular complexity index is 641. The zero-order valence-electron chi connectivity index (χ0n) is 15.3. The van der Waals surface area contributed by atoms with E-state index in [-0.39, 0.29) is 17.2 Å². The van der Waals surface area contributed by atoms with Gasteiger partial charge in [-0.25, -0.2) is 0 Å². The van der Waals surface area contributed by atoms with Gasteiger partial charge < -0.3 is 14.8 Å². The van der Waals surface area contributed by atoms with E-state index in [1.807, 2.05) is 13.0 Å². The molecule has 1 amide bonds. The Labute approximate surface area is 149 Å². The largest absolute Gasteiger partial charge is 0.425 e. The zero-order valence-corrected chi connectivity index (χ0v) is 15.3. The number of unbranched alkanes of at least 4 members (excludes halogenated alkanes) is 1. The monoisotopic (exact) mass is 346 g/mol. The van der Waals surface area contributed by atoms with Gasteiger partial charge in [0.15, 0.2) is 0 Å². The van der Waals surface area contributed by atoms with Crippen molar-refractivity contribution in [1.29, 1.82) is 5.26 Å². The number of nitrogens with one attached hydrogen (secondary N) is 1. The molecule has 0 saturated carbocycles. The lowest BCUT2D eigenvalue weighted by atomic mass is 9.97. The minimum atomic E-state index is -0.923. The molecule has 1 unspecified atom stereocenters. The number of nitrogens with zero attached hydrogens (tertiary/aromatic N) is 1. The number of ether oxygens (including phenoxy) is 2. The molecule has 1 rings (SSSR count).